The highest BCUT2D eigenvalue weighted by Gasteiger charge is 2.21. The number of hydrogen-bond donors (Lipinski definition) is 1. The summed E-state index contributed by atoms with van der Waals surface area (Å²) >= 11 is 1.30. The number of benzene rings is 2. The van der Waals surface area contributed by atoms with E-state index in [1.54, 1.807) is 24.3 Å². The highest BCUT2D eigenvalue weighted by molar-refractivity contribution is 8.00. The quantitative estimate of drug-likeness (QED) is 0.335. The molecule has 1 amide bonds. The Labute approximate surface area is 184 Å². The van der Waals surface area contributed by atoms with Crippen LogP contribution in [-0.2, 0) is 11.3 Å². The number of thioether (sulfide) groups is 1. The van der Waals surface area contributed by atoms with Crippen molar-refractivity contribution in [2.24, 2.45) is 0 Å². The molecule has 2 aromatic heterocycles. The highest BCUT2D eigenvalue weighted by atomic mass is 32.2. The first-order chi connectivity index (χ1) is 15.0. The van der Waals surface area contributed by atoms with E-state index in [4.69, 9.17) is 4.98 Å². The Morgan fingerprint density at radius 2 is 1.81 bits per heavy atom. The summed E-state index contributed by atoms with van der Waals surface area (Å²) in [5.41, 5.74) is 3.87. The number of Topliss-reactive ketones (excluding diaryl/α,β-unsaturated/α-hetero) is 1. The highest BCUT2D eigenvalue weighted by Crippen LogP contribution is 2.29. The van der Waals surface area contributed by atoms with E-state index in [1.165, 1.54) is 18.7 Å². The number of carbonyl (C=O) groups is 2. The standard InChI is InChI=1S/C23H23N5O2S/c1-4-19(22(30)24-16-12-10-15(11-13-16)14(3)29)31-23-25-21-20(26-27-23)17-8-6-7-9-18(17)28(21)5-2/h6-13,19H,4-5H2,1-3H3,(H,24,30). The first-order valence-corrected chi connectivity index (χ1v) is 11.1. The lowest BCUT2D eigenvalue weighted by Gasteiger charge is -2.14. The topological polar surface area (TPSA) is 89.8 Å². The van der Waals surface area contributed by atoms with Crippen LogP contribution in [0.15, 0.2) is 53.7 Å². The molecule has 0 aliphatic rings. The van der Waals surface area contributed by atoms with Gasteiger partial charge in [-0.05, 0) is 50.6 Å². The summed E-state index contributed by atoms with van der Waals surface area (Å²) in [6.07, 6.45) is 0.611. The number of ketones is 1. The molecule has 0 aliphatic heterocycles. The lowest BCUT2D eigenvalue weighted by molar-refractivity contribution is -0.115. The van der Waals surface area contributed by atoms with Gasteiger partial charge < -0.3 is 9.88 Å². The largest absolute Gasteiger partial charge is 0.325 e. The number of nitrogens with one attached hydrogen (secondary N) is 1. The molecule has 2 heterocycles. The molecule has 0 radical (unpaired) electrons. The molecule has 4 aromatic rings. The molecule has 0 aliphatic carbocycles. The molecule has 31 heavy (non-hydrogen) atoms. The van der Waals surface area contributed by atoms with Gasteiger partial charge in [-0.1, -0.05) is 36.9 Å². The fourth-order valence-electron chi connectivity index (χ4n) is 3.52. The van der Waals surface area contributed by atoms with Crippen LogP contribution in [-0.4, -0.2) is 36.7 Å². The number of carbonyl (C=O) groups excluding carboxylic acids is 2. The normalized spacial score (nSPS) is 12.2. The van der Waals surface area contributed by atoms with Gasteiger partial charge in [-0.3, -0.25) is 9.59 Å². The Hall–Kier alpha value is -3.26. The SMILES string of the molecule is CCC(Sc1nnc2c3ccccc3n(CC)c2n1)C(=O)Nc1ccc(C(C)=O)cc1. The Morgan fingerprint density at radius 3 is 2.48 bits per heavy atom. The Kier molecular flexibility index (Phi) is 5.99. The van der Waals surface area contributed by atoms with Gasteiger partial charge in [0, 0.05) is 23.2 Å². The third-order valence-corrected chi connectivity index (χ3v) is 6.36. The van der Waals surface area contributed by atoms with Crippen LogP contribution in [0.4, 0.5) is 5.69 Å². The van der Waals surface area contributed by atoms with Crippen LogP contribution in [0, 0.1) is 0 Å². The van der Waals surface area contributed by atoms with Gasteiger partial charge in [-0.2, -0.15) is 0 Å². The maximum absolute atomic E-state index is 12.8. The lowest BCUT2D eigenvalue weighted by atomic mass is 10.1. The molecule has 8 heteroatoms. The number of para-hydroxylation sites is 1. The molecule has 1 unspecified atom stereocenters. The summed E-state index contributed by atoms with van der Waals surface area (Å²) in [5.74, 6) is -0.146. The molecular formula is C23H23N5O2S. The summed E-state index contributed by atoms with van der Waals surface area (Å²) in [4.78, 5) is 29.0. The minimum Gasteiger partial charge on any atom is -0.325 e. The summed E-state index contributed by atoms with van der Waals surface area (Å²) in [6, 6.07) is 14.9. The molecule has 7 nitrogen and oxygen atoms in total. The minimum atomic E-state index is -0.369. The molecule has 0 fully saturated rings. The van der Waals surface area contributed by atoms with Crippen LogP contribution >= 0.6 is 11.8 Å². The first-order valence-electron chi connectivity index (χ1n) is 10.2. The molecule has 4 rings (SSSR count). The van der Waals surface area contributed by atoms with Crippen molar-refractivity contribution in [1.82, 2.24) is 19.7 Å². The smallest absolute Gasteiger partial charge is 0.237 e. The van der Waals surface area contributed by atoms with E-state index in [0.29, 0.717) is 22.8 Å². The van der Waals surface area contributed by atoms with E-state index >= 15 is 0 Å². The van der Waals surface area contributed by atoms with Crippen molar-refractivity contribution in [3.05, 3.63) is 54.1 Å². The van der Waals surface area contributed by atoms with Crippen LogP contribution in [0.1, 0.15) is 37.6 Å². The fraction of sp³-hybridized carbons (Fsp3) is 0.261. The Balaban J connectivity index is 1.57. The average Bonchev–Trinajstić information content (AvgIpc) is 3.10. The number of anilines is 1. The lowest BCUT2D eigenvalue weighted by Crippen LogP contribution is -2.25. The van der Waals surface area contributed by atoms with Crippen LogP contribution in [0.2, 0.25) is 0 Å². The summed E-state index contributed by atoms with van der Waals surface area (Å²) in [5, 5.41) is 12.7. The number of hydrogen-bond acceptors (Lipinski definition) is 6. The van der Waals surface area contributed by atoms with Crippen LogP contribution in [0.25, 0.3) is 22.1 Å². The molecule has 0 spiro atoms. The van der Waals surface area contributed by atoms with Crippen molar-refractivity contribution in [2.45, 2.75) is 44.1 Å². The second-order valence-corrected chi connectivity index (χ2v) is 8.34. The van der Waals surface area contributed by atoms with E-state index in [-0.39, 0.29) is 16.9 Å². The molecular weight excluding hydrogens is 410 g/mol. The zero-order valence-electron chi connectivity index (χ0n) is 17.6. The number of rotatable bonds is 7. The van der Waals surface area contributed by atoms with E-state index < -0.39 is 0 Å². The second kappa shape index (κ2) is 8.85. The van der Waals surface area contributed by atoms with Gasteiger partial charge >= 0.3 is 0 Å². The Morgan fingerprint density at radius 1 is 1.06 bits per heavy atom. The minimum absolute atomic E-state index is 0.00982. The van der Waals surface area contributed by atoms with Crippen LogP contribution in [0.5, 0.6) is 0 Å². The van der Waals surface area contributed by atoms with Crippen molar-refractivity contribution in [3.63, 3.8) is 0 Å². The van der Waals surface area contributed by atoms with Gasteiger partial charge in [-0.25, -0.2) is 4.98 Å². The van der Waals surface area contributed by atoms with E-state index in [0.717, 1.165) is 28.6 Å². The summed E-state index contributed by atoms with van der Waals surface area (Å²) in [6.45, 7) is 6.30. The second-order valence-electron chi connectivity index (χ2n) is 7.17. The molecule has 0 saturated carbocycles. The fourth-order valence-corrected chi connectivity index (χ4v) is 4.33. The van der Waals surface area contributed by atoms with Crippen molar-refractivity contribution >= 4 is 51.2 Å². The third-order valence-electron chi connectivity index (χ3n) is 5.14. The summed E-state index contributed by atoms with van der Waals surface area (Å²) < 4.78 is 2.11. The van der Waals surface area contributed by atoms with Gasteiger partial charge in [0.25, 0.3) is 0 Å². The van der Waals surface area contributed by atoms with E-state index in [2.05, 4.69) is 33.1 Å². The van der Waals surface area contributed by atoms with E-state index in [9.17, 15) is 9.59 Å². The number of fused-ring (bicyclic) bond motifs is 3. The van der Waals surface area contributed by atoms with Gasteiger partial charge in [0.05, 0.1) is 10.8 Å². The monoisotopic (exact) mass is 433 g/mol. The zero-order valence-corrected chi connectivity index (χ0v) is 18.4. The molecule has 0 saturated heterocycles. The third kappa shape index (κ3) is 4.16. The predicted octanol–water partition coefficient (Wildman–Crippen LogP) is 4.71. The van der Waals surface area contributed by atoms with Crippen molar-refractivity contribution in [1.29, 1.82) is 0 Å². The molecule has 2 aromatic carbocycles. The van der Waals surface area contributed by atoms with Crippen molar-refractivity contribution in [3.8, 4) is 0 Å². The van der Waals surface area contributed by atoms with Gasteiger partial charge in [0.2, 0.25) is 11.1 Å². The van der Waals surface area contributed by atoms with Gasteiger partial charge in [0.15, 0.2) is 11.4 Å². The number of nitrogens with zero attached hydrogens (tertiary/aromatic N) is 4. The average molecular weight is 434 g/mol. The van der Waals surface area contributed by atoms with Crippen molar-refractivity contribution < 1.29 is 9.59 Å². The molecule has 158 valence electrons. The number of amides is 1. The zero-order chi connectivity index (χ0) is 22.0. The summed E-state index contributed by atoms with van der Waals surface area (Å²) in [7, 11) is 0. The number of aromatic nitrogens is 4. The number of aryl methyl sites for hydroxylation is 1. The molecule has 0 bridgehead atoms. The molecule has 1 N–H and O–H groups in total. The van der Waals surface area contributed by atoms with Crippen LogP contribution < -0.4 is 5.32 Å². The first kappa shape index (κ1) is 21.0. The van der Waals surface area contributed by atoms with Gasteiger partial charge in [0.1, 0.15) is 5.52 Å². The Bertz CT molecular complexity index is 1270. The van der Waals surface area contributed by atoms with Gasteiger partial charge in [-0.15, -0.1) is 10.2 Å². The van der Waals surface area contributed by atoms with Crippen molar-refractivity contribution in [2.75, 3.05) is 5.32 Å². The van der Waals surface area contributed by atoms with Crippen LogP contribution in [0.3, 0.4) is 0 Å². The maximum Gasteiger partial charge on any atom is 0.237 e. The molecule has 1 atom stereocenters. The maximum atomic E-state index is 12.8. The predicted molar refractivity (Wildman–Crippen MR) is 124 cm³/mol. The van der Waals surface area contributed by atoms with E-state index in [1.807, 2.05) is 25.1 Å².